The summed E-state index contributed by atoms with van der Waals surface area (Å²) in [4.78, 5) is 16.6. The second-order valence-corrected chi connectivity index (χ2v) is 6.79. The Morgan fingerprint density at radius 1 is 1.19 bits per heavy atom. The minimum atomic E-state index is 0.0581. The number of hydrogen-bond acceptors (Lipinski definition) is 6. The lowest BCUT2D eigenvalue weighted by Crippen LogP contribution is -2.49. The van der Waals surface area contributed by atoms with Crippen molar-refractivity contribution in [1.82, 2.24) is 30.0 Å². The lowest BCUT2D eigenvalue weighted by Gasteiger charge is -2.34. The molecule has 1 aromatic heterocycles. The van der Waals surface area contributed by atoms with E-state index in [0.717, 1.165) is 32.7 Å². The van der Waals surface area contributed by atoms with Gasteiger partial charge in [0.15, 0.2) is 0 Å². The highest BCUT2D eigenvalue weighted by molar-refractivity contribution is 5.76. The van der Waals surface area contributed by atoms with E-state index in [4.69, 9.17) is 4.74 Å². The maximum absolute atomic E-state index is 12.3. The molecule has 0 spiro atoms. The molecule has 0 N–H and O–H groups in total. The molecule has 0 radical (unpaired) electrons. The Morgan fingerprint density at radius 3 is 2.67 bits per heavy atom. The molecule has 3 rings (SSSR count). The highest BCUT2D eigenvalue weighted by Gasteiger charge is 2.21. The van der Waals surface area contributed by atoms with Gasteiger partial charge in [-0.3, -0.25) is 9.69 Å². The smallest absolute Gasteiger partial charge is 0.244 e. The monoisotopic (exact) mass is 370 g/mol. The number of amides is 1. The first-order chi connectivity index (χ1) is 13.2. The van der Waals surface area contributed by atoms with Gasteiger partial charge in [-0.15, -0.1) is 5.10 Å². The van der Waals surface area contributed by atoms with Crippen molar-refractivity contribution in [2.75, 3.05) is 39.8 Å². The van der Waals surface area contributed by atoms with Crippen LogP contribution in [0.5, 0.6) is 0 Å². The highest BCUT2D eigenvalue weighted by atomic mass is 16.5. The molecule has 1 saturated heterocycles. The topological polar surface area (TPSA) is 76.4 Å². The van der Waals surface area contributed by atoms with Crippen molar-refractivity contribution >= 4 is 12.0 Å². The van der Waals surface area contributed by atoms with Crippen LogP contribution in [0, 0.1) is 0 Å². The van der Waals surface area contributed by atoms with E-state index in [1.807, 2.05) is 17.0 Å². The van der Waals surface area contributed by atoms with Gasteiger partial charge in [-0.2, -0.15) is 0 Å². The molecule has 0 unspecified atom stereocenters. The Hall–Kier alpha value is -2.58. The number of carbonyl (C=O) groups is 1. The Bertz CT molecular complexity index is 766. The maximum Gasteiger partial charge on any atom is 0.244 e. The van der Waals surface area contributed by atoms with Gasteiger partial charge in [-0.05, 0) is 28.5 Å². The van der Waals surface area contributed by atoms with E-state index in [1.165, 1.54) is 27.7 Å². The van der Waals surface area contributed by atoms with Gasteiger partial charge in [0.1, 0.15) is 12.9 Å². The zero-order valence-electron chi connectivity index (χ0n) is 15.9. The normalized spacial score (nSPS) is 15.9. The summed E-state index contributed by atoms with van der Waals surface area (Å²) in [5, 5.41) is 10.9. The zero-order chi connectivity index (χ0) is 19.1. The predicted molar refractivity (Wildman–Crippen MR) is 102 cm³/mol. The quantitative estimate of drug-likeness (QED) is 0.726. The molecular formula is C19H26N6O2. The fourth-order valence-corrected chi connectivity index (χ4v) is 3.27. The highest BCUT2D eigenvalue weighted by Crippen LogP contribution is 2.15. The number of ether oxygens (including phenoxy) is 1. The first-order valence-corrected chi connectivity index (χ1v) is 9.10. The van der Waals surface area contributed by atoms with Crippen LogP contribution in [0.2, 0.25) is 0 Å². The van der Waals surface area contributed by atoms with E-state index in [9.17, 15) is 4.79 Å². The van der Waals surface area contributed by atoms with E-state index in [1.54, 1.807) is 7.11 Å². The largest absolute Gasteiger partial charge is 0.380 e. The number of carbonyl (C=O) groups excluding carboxylic acids is 1. The second-order valence-electron chi connectivity index (χ2n) is 6.79. The van der Waals surface area contributed by atoms with Crippen LogP contribution in [0.3, 0.4) is 0 Å². The third kappa shape index (κ3) is 5.45. The molecule has 1 amide bonds. The van der Waals surface area contributed by atoms with E-state index in [-0.39, 0.29) is 12.5 Å². The predicted octanol–water partition coefficient (Wildman–Crippen LogP) is 1.07. The number of benzene rings is 1. The van der Waals surface area contributed by atoms with Crippen molar-refractivity contribution in [1.29, 1.82) is 0 Å². The lowest BCUT2D eigenvalue weighted by atomic mass is 10.1. The van der Waals surface area contributed by atoms with Crippen LogP contribution in [-0.2, 0) is 22.7 Å². The van der Waals surface area contributed by atoms with Gasteiger partial charge in [0.25, 0.3) is 0 Å². The summed E-state index contributed by atoms with van der Waals surface area (Å²) in [6.45, 7) is 7.06. The van der Waals surface area contributed by atoms with Crippen molar-refractivity contribution in [2.24, 2.45) is 0 Å². The molecule has 0 atom stereocenters. The van der Waals surface area contributed by atoms with E-state index in [0.29, 0.717) is 6.61 Å². The molecule has 8 heteroatoms. The van der Waals surface area contributed by atoms with Crippen LogP contribution < -0.4 is 0 Å². The molecule has 0 saturated carbocycles. The summed E-state index contributed by atoms with van der Waals surface area (Å²) in [6.07, 6.45) is 3.69. The average molecular weight is 370 g/mol. The van der Waals surface area contributed by atoms with Crippen LogP contribution in [0.15, 0.2) is 36.2 Å². The van der Waals surface area contributed by atoms with Gasteiger partial charge in [0, 0.05) is 39.8 Å². The van der Waals surface area contributed by atoms with Crippen molar-refractivity contribution in [3.63, 3.8) is 0 Å². The Morgan fingerprint density at radius 2 is 1.96 bits per heavy atom. The molecule has 1 fully saturated rings. The number of methoxy groups -OCH3 is 1. The van der Waals surface area contributed by atoms with Gasteiger partial charge < -0.3 is 9.64 Å². The van der Waals surface area contributed by atoms with Gasteiger partial charge in [-0.25, -0.2) is 4.68 Å². The molecule has 0 aliphatic carbocycles. The molecule has 1 aromatic carbocycles. The van der Waals surface area contributed by atoms with Crippen LogP contribution in [0.25, 0.3) is 6.08 Å². The molecular weight excluding hydrogens is 344 g/mol. The van der Waals surface area contributed by atoms with Crippen LogP contribution >= 0.6 is 0 Å². The van der Waals surface area contributed by atoms with E-state index >= 15 is 0 Å². The minimum absolute atomic E-state index is 0.0581. The van der Waals surface area contributed by atoms with Gasteiger partial charge in [-0.1, -0.05) is 35.9 Å². The standard InChI is InChI=1S/C19H26N6O2/c1-16(11-17-5-3-4-6-18(17)14-27-2)12-23-7-9-24(10-8-23)19(26)13-25-15-20-21-22-25/h3-6,11,15H,7-10,12-14H2,1-2H3/b16-11+. The number of rotatable bonds is 7. The zero-order valence-corrected chi connectivity index (χ0v) is 15.9. The molecule has 0 bridgehead atoms. The second kappa shape index (κ2) is 9.38. The van der Waals surface area contributed by atoms with Crippen LogP contribution in [-0.4, -0.2) is 75.7 Å². The first-order valence-electron chi connectivity index (χ1n) is 9.10. The summed E-state index contributed by atoms with van der Waals surface area (Å²) in [5.74, 6) is 0.0581. The van der Waals surface area contributed by atoms with Gasteiger partial charge >= 0.3 is 0 Å². The number of piperazine rings is 1. The summed E-state index contributed by atoms with van der Waals surface area (Å²) in [6, 6.07) is 8.30. The third-order valence-corrected chi connectivity index (χ3v) is 4.64. The number of hydrogen-bond donors (Lipinski definition) is 0. The Kier molecular flexibility index (Phi) is 6.67. The molecule has 2 aromatic rings. The Balaban J connectivity index is 1.50. The fraction of sp³-hybridized carbons (Fsp3) is 0.474. The molecule has 1 aliphatic rings. The third-order valence-electron chi connectivity index (χ3n) is 4.64. The number of aromatic nitrogens is 4. The molecule has 8 nitrogen and oxygen atoms in total. The Labute approximate surface area is 159 Å². The van der Waals surface area contributed by atoms with Crippen molar-refractivity contribution < 1.29 is 9.53 Å². The van der Waals surface area contributed by atoms with Crippen molar-refractivity contribution in [3.05, 3.63) is 47.3 Å². The fourth-order valence-electron chi connectivity index (χ4n) is 3.27. The maximum atomic E-state index is 12.3. The van der Waals surface area contributed by atoms with Crippen molar-refractivity contribution in [2.45, 2.75) is 20.1 Å². The van der Waals surface area contributed by atoms with Gasteiger partial charge in [0.05, 0.1) is 6.61 Å². The molecule has 27 heavy (non-hydrogen) atoms. The first kappa shape index (κ1) is 19.2. The number of nitrogens with zero attached hydrogens (tertiary/aromatic N) is 6. The summed E-state index contributed by atoms with van der Waals surface area (Å²) in [5.41, 5.74) is 3.69. The molecule has 2 heterocycles. The lowest BCUT2D eigenvalue weighted by molar-refractivity contribution is -0.133. The van der Waals surface area contributed by atoms with E-state index in [2.05, 4.69) is 45.6 Å². The summed E-state index contributed by atoms with van der Waals surface area (Å²) in [7, 11) is 1.72. The summed E-state index contributed by atoms with van der Waals surface area (Å²) >= 11 is 0. The average Bonchev–Trinajstić information content (AvgIpc) is 3.17. The SMILES string of the molecule is COCc1ccccc1/C=C(\C)CN1CCN(C(=O)Cn2cnnn2)CC1. The van der Waals surface area contributed by atoms with Crippen molar-refractivity contribution in [3.8, 4) is 0 Å². The molecule has 144 valence electrons. The van der Waals surface area contributed by atoms with Crippen LogP contribution in [0.4, 0.5) is 0 Å². The van der Waals surface area contributed by atoms with E-state index < -0.39 is 0 Å². The van der Waals surface area contributed by atoms with Crippen LogP contribution in [0.1, 0.15) is 18.1 Å². The minimum Gasteiger partial charge on any atom is -0.380 e. The summed E-state index contributed by atoms with van der Waals surface area (Å²) < 4.78 is 6.74. The molecule has 1 aliphatic heterocycles. The number of tetrazole rings is 1. The van der Waals surface area contributed by atoms with Gasteiger partial charge in [0.2, 0.25) is 5.91 Å².